The van der Waals surface area contributed by atoms with Crippen LogP contribution in [0, 0.1) is 5.41 Å². The smallest absolute Gasteiger partial charge is 0.328 e. The van der Waals surface area contributed by atoms with Crippen LogP contribution in [0.4, 0.5) is 21.0 Å². The summed E-state index contributed by atoms with van der Waals surface area (Å²) in [7, 11) is 1.51. The molecule has 0 aliphatic carbocycles. The molecule has 3 atom stereocenters. The minimum atomic E-state index is -1.52. The monoisotopic (exact) mass is 401 g/mol. The summed E-state index contributed by atoms with van der Waals surface area (Å²) >= 11 is 0. The molecule has 0 unspecified atom stereocenters. The number of nitrogens with one attached hydrogen (secondary N) is 4. The number of benzene rings is 1. The van der Waals surface area contributed by atoms with E-state index in [0.717, 1.165) is 11.3 Å². The van der Waals surface area contributed by atoms with Crippen molar-refractivity contribution in [3.05, 3.63) is 23.8 Å². The lowest BCUT2D eigenvalue weighted by atomic mass is 9.66. The Bertz CT molecular complexity index is 896. The summed E-state index contributed by atoms with van der Waals surface area (Å²) in [6, 6.07) is 3.63. The van der Waals surface area contributed by atoms with Crippen molar-refractivity contribution in [2.45, 2.75) is 38.5 Å². The van der Waals surface area contributed by atoms with Crippen LogP contribution in [0.1, 0.15) is 19.4 Å². The van der Waals surface area contributed by atoms with Gasteiger partial charge in [-0.1, -0.05) is 0 Å². The molecule has 4 rings (SSSR count). The highest BCUT2D eigenvalue weighted by molar-refractivity contribution is 6.20. The Labute approximate surface area is 167 Å². The zero-order valence-corrected chi connectivity index (χ0v) is 16.4. The van der Waals surface area contributed by atoms with E-state index in [2.05, 4.69) is 21.3 Å². The molecule has 2 saturated heterocycles. The fourth-order valence-electron chi connectivity index (χ4n) is 4.72. The minimum absolute atomic E-state index is 0.0831. The van der Waals surface area contributed by atoms with E-state index < -0.39 is 35.4 Å². The molecule has 3 aliphatic rings. The zero-order chi connectivity index (χ0) is 20.9. The standard InChI is InChI=1S/C19H23N5O5/c1-9-8-24-13-5-4-12(21-17(27)20-3)6-11(13)7-19(14(24)10(2)29-9)15(25)22-18(28)23-16(19)26/h4-6,9-10,14H,7-8H2,1-3H3,(H2,20,21,27)(H2,22,23,25,26,28)/t9-,10+,14-/m1/s1. The molecule has 3 heterocycles. The maximum atomic E-state index is 13.0. The van der Waals surface area contributed by atoms with E-state index in [-0.39, 0.29) is 18.6 Å². The van der Waals surface area contributed by atoms with Crippen LogP contribution in [0.2, 0.25) is 0 Å². The first kappa shape index (κ1) is 19.2. The van der Waals surface area contributed by atoms with Crippen molar-refractivity contribution in [2.75, 3.05) is 23.8 Å². The number of carbonyl (C=O) groups is 4. The number of amides is 6. The molecule has 10 nitrogen and oxygen atoms in total. The van der Waals surface area contributed by atoms with E-state index in [4.69, 9.17) is 4.74 Å². The Balaban J connectivity index is 1.84. The van der Waals surface area contributed by atoms with Crippen molar-refractivity contribution >= 4 is 35.3 Å². The second kappa shape index (κ2) is 6.73. The number of anilines is 2. The molecule has 3 aliphatic heterocycles. The second-order valence-electron chi connectivity index (χ2n) is 7.68. The molecule has 4 N–H and O–H groups in total. The largest absolute Gasteiger partial charge is 0.372 e. The number of urea groups is 2. The van der Waals surface area contributed by atoms with Gasteiger partial charge >= 0.3 is 12.1 Å². The Morgan fingerprint density at radius 3 is 2.55 bits per heavy atom. The van der Waals surface area contributed by atoms with Crippen LogP contribution in [0.5, 0.6) is 0 Å². The molecule has 1 spiro atoms. The van der Waals surface area contributed by atoms with Crippen molar-refractivity contribution in [2.24, 2.45) is 5.41 Å². The van der Waals surface area contributed by atoms with Gasteiger partial charge in [0.1, 0.15) is 0 Å². The van der Waals surface area contributed by atoms with Crippen molar-refractivity contribution < 1.29 is 23.9 Å². The van der Waals surface area contributed by atoms with Crippen LogP contribution in [0.15, 0.2) is 18.2 Å². The molecule has 0 saturated carbocycles. The van der Waals surface area contributed by atoms with Crippen LogP contribution in [0.3, 0.4) is 0 Å². The first-order valence-electron chi connectivity index (χ1n) is 9.47. The van der Waals surface area contributed by atoms with Crippen molar-refractivity contribution in [3.8, 4) is 0 Å². The lowest BCUT2D eigenvalue weighted by molar-refractivity contribution is -0.153. The maximum Gasteiger partial charge on any atom is 0.328 e. The number of imide groups is 2. The summed E-state index contributed by atoms with van der Waals surface area (Å²) in [5.74, 6) is -1.27. The summed E-state index contributed by atoms with van der Waals surface area (Å²) in [5, 5.41) is 9.69. The van der Waals surface area contributed by atoms with E-state index in [1.54, 1.807) is 12.1 Å². The van der Waals surface area contributed by atoms with E-state index in [0.29, 0.717) is 12.2 Å². The molecule has 2 fully saturated rings. The number of ether oxygens (including phenoxy) is 1. The molecule has 29 heavy (non-hydrogen) atoms. The number of fused-ring (bicyclic) bond motifs is 4. The maximum absolute atomic E-state index is 13.0. The molecule has 0 bridgehead atoms. The Kier molecular flexibility index (Phi) is 4.45. The number of nitrogens with zero attached hydrogens (tertiary/aromatic N) is 1. The van der Waals surface area contributed by atoms with Gasteiger partial charge in [-0.2, -0.15) is 0 Å². The number of barbiturate groups is 1. The summed E-state index contributed by atoms with van der Waals surface area (Å²) in [6.07, 6.45) is -0.440. The molecule has 1 aromatic rings. The lowest BCUT2D eigenvalue weighted by Gasteiger charge is -2.55. The first-order chi connectivity index (χ1) is 13.8. The average molecular weight is 401 g/mol. The van der Waals surface area contributed by atoms with Crippen LogP contribution < -0.4 is 26.2 Å². The molecular weight excluding hydrogens is 378 g/mol. The fraction of sp³-hybridized carbons (Fsp3) is 0.474. The van der Waals surface area contributed by atoms with Crippen LogP contribution >= 0.6 is 0 Å². The number of morpholine rings is 1. The van der Waals surface area contributed by atoms with Gasteiger partial charge in [-0.15, -0.1) is 0 Å². The zero-order valence-electron chi connectivity index (χ0n) is 16.4. The average Bonchev–Trinajstić information content (AvgIpc) is 2.65. The highest BCUT2D eigenvalue weighted by Crippen LogP contribution is 2.47. The second-order valence-corrected chi connectivity index (χ2v) is 7.68. The minimum Gasteiger partial charge on any atom is -0.372 e. The van der Waals surface area contributed by atoms with Gasteiger partial charge in [-0.05, 0) is 44.0 Å². The van der Waals surface area contributed by atoms with E-state index in [1.807, 2.05) is 24.8 Å². The van der Waals surface area contributed by atoms with Gasteiger partial charge in [0.05, 0.1) is 18.2 Å². The van der Waals surface area contributed by atoms with Crippen LogP contribution in [-0.4, -0.2) is 55.7 Å². The predicted molar refractivity (Wildman–Crippen MR) is 103 cm³/mol. The summed E-state index contributed by atoms with van der Waals surface area (Å²) < 4.78 is 5.96. The number of hydrogen-bond donors (Lipinski definition) is 4. The number of rotatable bonds is 1. The normalized spacial score (nSPS) is 27.5. The van der Waals surface area contributed by atoms with Gasteiger partial charge in [0.2, 0.25) is 11.8 Å². The SMILES string of the molecule is CNC(=O)Nc1ccc2c(c1)CC1(C(=O)NC(=O)NC1=O)[C@H]1[C@H](C)O[C@H](C)CN21. The molecule has 154 valence electrons. The lowest BCUT2D eigenvalue weighted by Crippen LogP contribution is -2.75. The van der Waals surface area contributed by atoms with Crippen LogP contribution in [-0.2, 0) is 20.7 Å². The topological polar surface area (TPSA) is 129 Å². The highest BCUT2D eigenvalue weighted by atomic mass is 16.5. The van der Waals surface area contributed by atoms with Crippen molar-refractivity contribution in [1.82, 2.24) is 16.0 Å². The third-order valence-electron chi connectivity index (χ3n) is 5.79. The van der Waals surface area contributed by atoms with Gasteiger partial charge in [0.25, 0.3) is 0 Å². The Morgan fingerprint density at radius 1 is 1.21 bits per heavy atom. The summed E-state index contributed by atoms with van der Waals surface area (Å²) in [4.78, 5) is 51.5. The van der Waals surface area contributed by atoms with E-state index >= 15 is 0 Å². The highest BCUT2D eigenvalue weighted by Gasteiger charge is 2.62. The Morgan fingerprint density at radius 2 is 1.90 bits per heavy atom. The Hall–Kier alpha value is -3.14. The molecule has 0 aromatic heterocycles. The molecule has 6 amide bonds. The molecular formula is C19H23N5O5. The molecule has 10 heteroatoms. The molecule has 1 aromatic carbocycles. The number of hydrogen-bond acceptors (Lipinski definition) is 6. The summed E-state index contributed by atoms with van der Waals surface area (Å²) in [6.45, 7) is 4.25. The fourth-order valence-corrected chi connectivity index (χ4v) is 4.72. The van der Waals surface area contributed by atoms with E-state index in [9.17, 15) is 19.2 Å². The predicted octanol–water partition coefficient (Wildman–Crippen LogP) is 0.329. The number of carbonyl (C=O) groups excluding carboxylic acids is 4. The third kappa shape index (κ3) is 2.91. The van der Waals surface area contributed by atoms with Crippen LogP contribution in [0.25, 0.3) is 0 Å². The van der Waals surface area contributed by atoms with Gasteiger partial charge in [-0.25, -0.2) is 9.59 Å². The van der Waals surface area contributed by atoms with Gasteiger partial charge < -0.3 is 20.3 Å². The van der Waals surface area contributed by atoms with Gasteiger partial charge in [0.15, 0.2) is 5.41 Å². The third-order valence-corrected chi connectivity index (χ3v) is 5.79. The van der Waals surface area contributed by atoms with Crippen molar-refractivity contribution in [3.63, 3.8) is 0 Å². The van der Waals surface area contributed by atoms with Gasteiger partial charge in [0, 0.05) is 25.0 Å². The molecule has 0 radical (unpaired) electrons. The quantitative estimate of drug-likeness (QED) is 0.502. The van der Waals surface area contributed by atoms with Crippen molar-refractivity contribution in [1.29, 1.82) is 0 Å². The summed E-state index contributed by atoms with van der Waals surface area (Å²) in [5.41, 5.74) is 0.629. The first-order valence-corrected chi connectivity index (χ1v) is 9.47. The van der Waals surface area contributed by atoms with E-state index in [1.165, 1.54) is 7.05 Å². The van der Waals surface area contributed by atoms with Gasteiger partial charge in [-0.3, -0.25) is 20.2 Å².